The summed E-state index contributed by atoms with van der Waals surface area (Å²) in [6, 6.07) is 2.34. The fourth-order valence-corrected chi connectivity index (χ4v) is 4.11. The lowest BCUT2D eigenvalue weighted by atomic mass is 10.2. The number of carbonyl (C=O) groups excluding carboxylic acids is 1. The van der Waals surface area contributed by atoms with Crippen LogP contribution in [0.3, 0.4) is 0 Å². The van der Waals surface area contributed by atoms with Crippen molar-refractivity contribution in [3.63, 3.8) is 0 Å². The van der Waals surface area contributed by atoms with Gasteiger partial charge in [0.15, 0.2) is 6.61 Å². The van der Waals surface area contributed by atoms with Crippen LogP contribution >= 0.6 is 23.2 Å². The number of aromatic nitrogens is 1. The molecule has 17 heteroatoms. The lowest BCUT2D eigenvalue weighted by Gasteiger charge is -2.37. The predicted octanol–water partition coefficient (Wildman–Crippen LogP) is 4.19. The van der Waals surface area contributed by atoms with Gasteiger partial charge >= 0.3 is 16.4 Å². The lowest BCUT2D eigenvalue weighted by Crippen LogP contribution is -2.61. The van der Waals surface area contributed by atoms with Crippen LogP contribution < -0.4 is 14.2 Å². The van der Waals surface area contributed by atoms with E-state index in [0.717, 1.165) is 18.3 Å². The van der Waals surface area contributed by atoms with Gasteiger partial charge < -0.3 is 9.47 Å². The summed E-state index contributed by atoms with van der Waals surface area (Å²) >= 11 is 11.7. The summed E-state index contributed by atoms with van der Waals surface area (Å²) in [6.07, 6.45) is -3.72. The minimum absolute atomic E-state index is 0.191. The van der Waals surface area contributed by atoms with Gasteiger partial charge in [0, 0.05) is 12.1 Å². The van der Waals surface area contributed by atoms with Crippen LogP contribution in [0.1, 0.15) is 10.4 Å². The third-order valence-electron chi connectivity index (χ3n) is 4.03. The first-order valence-corrected chi connectivity index (χ1v) is 11.0. The van der Waals surface area contributed by atoms with Crippen LogP contribution in [-0.2, 0) is 10.2 Å². The first-order valence-electron chi connectivity index (χ1n) is 8.78. The monoisotopic (exact) mass is 553 g/mol. The number of rotatable bonds is 7. The number of ether oxygens (including phenoxy) is 2. The van der Waals surface area contributed by atoms with Crippen molar-refractivity contribution in [3.8, 4) is 17.4 Å². The molecule has 0 unspecified atom stereocenters. The predicted molar refractivity (Wildman–Crippen MR) is 105 cm³/mol. The molecule has 1 aliphatic rings. The number of nitrogens with zero attached hydrogens (tertiary/aromatic N) is 2. The minimum atomic E-state index is -4.65. The number of halogens is 8. The highest BCUT2D eigenvalue weighted by molar-refractivity contribution is 7.87. The van der Waals surface area contributed by atoms with Crippen molar-refractivity contribution < 1.29 is 49.0 Å². The third-order valence-corrected chi connectivity index (χ3v) is 5.97. The molecule has 0 spiro atoms. The second-order valence-electron chi connectivity index (χ2n) is 6.79. The number of benzene rings is 1. The van der Waals surface area contributed by atoms with Crippen LogP contribution in [0.25, 0.3) is 0 Å². The molecule has 3 rings (SSSR count). The molecule has 1 fully saturated rings. The molecule has 1 N–H and O–H groups in total. The van der Waals surface area contributed by atoms with Crippen molar-refractivity contribution >= 4 is 39.3 Å². The smallest absolute Gasteiger partial charge is 0.422 e. The average Bonchev–Trinajstić information content (AvgIpc) is 2.66. The number of hydrogen-bond acceptors (Lipinski definition) is 6. The Bertz CT molecular complexity index is 1220. The normalized spacial score (nSPS) is 16.0. The van der Waals surface area contributed by atoms with Crippen LogP contribution in [0.15, 0.2) is 24.4 Å². The summed E-state index contributed by atoms with van der Waals surface area (Å²) in [7, 11) is -4.65. The van der Waals surface area contributed by atoms with Crippen molar-refractivity contribution in [2.45, 2.75) is 12.1 Å². The standard InChI is InChI=1S/C17H11Cl2F6N3O5S/c18-10-2-9(14(29)27-34(30,31)28-5-16(21,22)6-28)12(20)3-13(10)33-8-1-11(19)15(26-4-8)32-7-17(23,24)25/h1-4H,5-7H2,(H,27,29). The fourth-order valence-electron chi connectivity index (χ4n) is 2.50. The van der Waals surface area contributed by atoms with Gasteiger partial charge in [0.05, 0.1) is 29.9 Å². The summed E-state index contributed by atoms with van der Waals surface area (Å²) in [5, 5.41) is -0.746. The molecule has 0 radical (unpaired) electrons. The van der Waals surface area contributed by atoms with Crippen molar-refractivity contribution in [2.75, 3.05) is 19.7 Å². The largest absolute Gasteiger partial charge is 0.467 e. The SMILES string of the molecule is O=C(NS(=O)(=O)N1CC(F)(F)C1)c1cc(Cl)c(Oc2cnc(OCC(F)(F)F)c(Cl)c2)cc1F. The maximum Gasteiger partial charge on any atom is 0.422 e. The summed E-state index contributed by atoms with van der Waals surface area (Å²) in [5.74, 6) is -7.11. The second kappa shape index (κ2) is 9.28. The number of hydrogen-bond donors (Lipinski definition) is 1. The van der Waals surface area contributed by atoms with Gasteiger partial charge in [0.2, 0.25) is 5.88 Å². The lowest BCUT2D eigenvalue weighted by molar-refractivity contribution is -0.154. The number of carbonyl (C=O) groups is 1. The fraction of sp³-hybridized carbons (Fsp3) is 0.294. The highest BCUT2D eigenvalue weighted by Crippen LogP contribution is 2.35. The summed E-state index contributed by atoms with van der Waals surface area (Å²) in [6.45, 7) is -3.92. The average molecular weight is 554 g/mol. The number of nitrogens with one attached hydrogen (secondary N) is 1. The van der Waals surface area contributed by atoms with Gasteiger partial charge in [-0.15, -0.1) is 0 Å². The summed E-state index contributed by atoms with van der Waals surface area (Å²) < 4.78 is 112. The zero-order chi connectivity index (χ0) is 25.5. The molecular weight excluding hydrogens is 543 g/mol. The molecule has 1 aromatic carbocycles. The number of amides is 1. The van der Waals surface area contributed by atoms with E-state index in [2.05, 4.69) is 9.72 Å². The molecule has 1 aliphatic heterocycles. The highest BCUT2D eigenvalue weighted by Gasteiger charge is 2.50. The van der Waals surface area contributed by atoms with E-state index in [1.165, 1.54) is 4.72 Å². The zero-order valence-electron chi connectivity index (χ0n) is 16.3. The molecular formula is C17H11Cl2F6N3O5S. The van der Waals surface area contributed by atoms with Gasteiger partial charge in [0.1, 0.15) is 22.3 Å². The van der Waals surface area contributed by atoms with Crippen LogP contribution in [-0.4, -0.2) is 55.4 Å². The van der Waals surface area contributed by atoms with Crippen molar-refractivity contribution in [3.05, 3.63) is 45.8 Å². The van der Waals surface area contributed by atoms with E-state index in [9.17, 15) is 39.6 Å². The Morgan fingerprint density at radius 2 is 1.82 bits per heavy atom. The summed E-state index contributed by atoms with van der Waals surface area (Å²) in [4.78, 5) is 15.7. The molecule has 1 amide bonds. The maximum absolute atomic E-state index is 14.4. The second-order valence-corrected chi connectivity index (χ2v) is 9.27. The van der Waals surface area contributed by atoms with E-state index in [0.29, 0.717) is 10.4 Å². The van der Waals surface area contributed by atoms with Gasteiger partial charge in [-0.05, 0) is 6.07 Å². The molecule has 0 atom stereocenters. The topological polar surface area (TPSA) is 97.8 Å². The molecule has 1 aromatic heterocycles. The molecule has 2 heterocycles. The summed E-state index contributed by atoms with van der Waals surface area (Å²) in [5.41, 5.74) is -0.833. The van der Waals surface area contributed by atoms with Gasteiger partial charge in [-0.25, -0.2) is 22.9 Å². The molecule has 0 saturated carbocycles. The van der Waals surface area contributed by atoms with Gasteiger partial charge in [-0.2, -0.15) is 25.9 Å². The Labute approximate surface area is 197 Å². The van der Waals surface area contributed by atoms with Crippen molar-refractivity contribution in [2.24, 2.45) is 0 Å². The Balaban J connectivity index is 1.72. The van der Waals surface area contributed by atoms with Crippen LogP contribution in [0, 0.1) is 5.82 Å². The molecule has 8 nitrogen and oxygen atoms in total. The van der Waals surface area contributed by atoms with Gasteiger partial charge in [-0.1, -0.05) is 23.2 Å². The van der Waals surface area contributed by atoms with E-state index in [1.807, 2.05) is 0 Å². The van der Waals surface area contributed by atoms with E-state index >= 15 is 0 Å². The van der Waals surface area contributed by atoms with E-state index < -0.39 is 65.2 Å². The maximum atomic E-state index is 14.4. The van der Waals surface area contributed by atoms with Crippen molar-refractivity contribution in [1.29, 1.82) is 0 Å². The molecule has 0 bridgehead atoms. The van der Waals surface area contributed by atoms with E-state index in [-0.39, 0.29) is 21.5 Å². The first kappa shape index (κ1) is 26.1. The van der Waals surface area contributed by atoms with Crippen LogP contribution in [0.5, 0.6) is 17.4 Å². The minimum Gasteiger partial charge on any atom is -0.467 e. The Morgan fingerprint density at radius 1 is 1.18 bits per heavy atom. The molecule has 34 heavy (non-hydrogen) atoms. The molecule has 186 valence electrons. The zero-order valence-corrected chi connectivity index (χ0v) is 18.6. The Kier molecular flexibility index (Phi) is 7.13. The van der Waals surface area contributed by atoms with Crippen molar-refractivity contribution in [1.82, 2.24) is 14.0 Å². The van der Waals surface area contributed by atoms with E-state index in [1.54, 1.807) is 0 Å². The quantitative estimate of drug-likeness (QED) is 0.516. The molecule has 0 aliphatic carbocycles. The molecule has 1 saturated heterocycles. The van der Waals surface area contributed by atoms with Gasteiger partial charge in [0.25, 0.3) is 11.8 Å². The van der Waals surface area contributed by atoms with Crippen LogP contribution in [0.2, 0.25) is 10.0 Å². The van der Waals surface area contributed by atoms with Gasteiger partial charge in [-0.3, -0.25) is 4.79 Å². The van der Waals surface area contributed by atoms with Crippen LogP contribution in [0.4, 0.5) is 26.3 Å². The third kappa shape index (κ3) is 6.34. The number of alkyl halides is 5. The Hall–Kier alpha value is -2.49. The number of pyridine rings is 1. The van der Waals surface area contributed by atoms with E-state index in [4.69, 9.17) is 27.9 Å². The molecule has 2 aromatic rings. The first-order chi connectivity index (χ1) is 15.6. The Morgan fingerprint density at radius 3 is 2.38 bits per heavy atom. The highest BCUT2D eigenvalue weighted by atomic mass is 35.5.